The van der Waals surface area contributed by atoms with Crippen LogP contribution in [-0.4, -0.2) is 24.8 Å². The van der Waals surface area contributed by atoms with Gasteiger partial charge in [0.15, 0.2) is 0 Å². The summed E-state index contributed by atoms with van der Waals surface area (Å²) in [7, 11) is -1.25. The minimum absolute atomic E-state index is 0.335. The minimum atomic E-state index is -1.25. The first kappa shape index (κ1) is 18.9. The molecule has 0 saturated carbocycles. The summed E-state index contributed by atoms with van der Waals surface area (Å²) in [4.78, 5) is 34.0. The Morgan fingerprint density at radius 1 is 0.875 bits per heavy atom. The van der Waals surface area contributed by atoms with Crippen molar-refractivity contribution >= 4 is 36.0 Å². The maximum Gasteiger partial charge on any atom is 0.541 e. The van der Waals surface area contributed by atoms with E-state index < -0.39 is 24.8 Å². The predicted molar refractivity (Wildman–Crippen MR) is 89.5 cm³/mol. The van der Waals surface area contributed by atoms with E-state index in [-0.39, 0.29) is 0 Å². The maximum atomic E-state index is 11.5. The molecule has 9 heteroatoms. The van der Waals surface area contributed by atoms with Crippen molar-refractivity contribution in [3.63, 3.8) is 0 Å². The van der Waals surface area contributed by atoms with Crippen LogP contribution >= 0.6 is 0 Å². The van der Waals surface area contributed by atoms with Gasteiger partial charge in [0, 0.05) is 11.2 Å². The van der Waals surface area contributed by atoms with Crippen molar-refractivity contribution in [3.8, 4) is 0 Å². The van der Waals surface area contributed by atoms with Crippen LogP contribution in [0.4, 0.5) is 5.69 Å². The lowest BCUT2D eigenvalue weighted by Gasteiger charge is -2.17. The van der Waals surface area contributed by atoms with Gasteiger partial charge in [0.1, 0.15) is 0 Å². The number of rotatable bonds is 9. The van der Waals surface area contributed by atoms with Gasteiger partial charge in [-0.1, -0.05) is 37.9 Å². The van der Waals surface area contributed by atoms with Crippen LogP contribution in [0.2, 0.25) is 0 Å². The molecule has 3 amide bonds. The van der Waals surface area contributed by atoms with Gasteiger partial charge < -0.3 is 5.32 Å². The van der Waals surface area contributed by atoms with Crippen LogP contribution in [-0.2, 0) is 23.9 Å². The number of amides is 3. The molecule has 0 heterocycles. The second-order valence-corrected chi connectivity index (χ2v) is 4.19. The third kappa shape index (κ3) is 5.91. The van der Waals surface area contributed by atoms with Crippen LogP contribution in [0, 0.1) is 0 Å². The standard InChI is InChI=1S/C15H16BN3O5/c1-4-13(20)17-12-10-8-7-9-11(12)16(23-18-14(21)5-2)24-19-15(22)6-3/h4-10H,1-3H2,(H,17,20)(H,18,21)(H,19,22). The molecular weight excluding hydrogens is 313 g/mol. The Labute approximate surface area is 139 Å². The Bertz CT molecular complexity index is 638. The van der Waals surface area contributed by atoms with E-state index in [4.69, 9.17) is 9.51 Å². The van der Waals surface area contributed by atoms with Crippen molar-refractivity contribution in [2.24, 2.45) is 0 Å². The molecule has 0 unspecified atom stereocenters. The van der Waals surface area contributed by atoms with Gasteiger partial charge in [0.05, 0.1) is 0 Å². The molecule has 0 spiro atoms. The average Bonchev–Trinajstić information content (AvgIpc) is 2.61. The number of carbonyl (C=O) groups is 3. The molecule has 8 nitrogen and oxygen atoms in total. The summed E-state index contributed by atoms with van der Waals surface area (Å²) in [6, 6.07) is 6.48. The van der Waals surface area contributed by atoms with Crippen molar-refractivity contribution in [2.45, 2.75) is 0 Å². The highest BCUT2D eigenvalue weighted by Crippen LogP contribution is 2.06. The molecule has 1 rings (SSSR count). The number of hydroxylamine groups is 2. The maximum absolute atomic E-state index is 11.5. The van der Waals surface area contributed by atoms with Crippen LogP contribution in [0.3, 0.4) is 0 Å². The molecule has 0 fully saturated rings. The molecular formula is C15H16BN3O5. The highest BCUT2D eigenvalue weighted by molar-refractivity contribution is 6.63. The van der Waals surface area contributed by atoms with Crippen LogP contribution in [0.15, 0.2) is 62.2 Å². The lowest BCUT2D eigenvalue weighted by molar-refractivity contribution is -0.125. The summed E-state index contributed by atoms with van der Waals surface area (Å²) in [6.07, 6.45) is 3.07. The Balaban J connectivity index is 3.02. The number of para-hydroxylation sites is 1. The summed E-state index contributed by atoms with van der Waals surface area (Å²) in [6.45, 7) is 9.93. The molecule has 0 aliphatic heterocycles. The van der Waals surface area contributed by atoms with Crippen molar-refractivity contribution in [1.29, 1.82) is 0 Å². The van der Waals surface area contributed by atoms with Crippen LogP contribution in [0.25, 0.3) is 0 Å². The predicted octanol–water partition coefficient (Wildman–Crippen LogP) is -0.0261. The first-order chi connectivity index (χ1) is 11.5. The van der Waals surface area contributed by atoms with Crippen molar-refractivity contribution in [2.75, 3.05) is 5.32 Å². The average molecular weight is 329 g/mol. The number of anilines is 1. The number of carbonyl (C=O) groups excluding carboxylic acids is 3. The fraction of sp³-hybridized carbons (Fsp3) is 0. The number of hydrogen-bond donors (Lipinski definition) is 3. The topological polar surface area (TPSA) is 106 Å². The number of benzene rings is 1. The summed E-state index contributed by atoms with van der Waals surface area (Å²) in [5.41, 5.74) is 4.83. The van der Waals surface area contributed by atoms with E-state index in [9.17, 15) is 14.4 Å². The molecule has 0 atom stereocenters. The SMILES string of the molecule is C=CC(=O)NOB(ONC(=O)C=C)c1ccccc1NC(=O)C=C. The van der Waals surface area contributed by atoms with Crippen molar-refractivity contribution < 1.29 is 23.9 Å². The summed E-state index contributed by atoms with van der Waals surface area (Å²) in [5.74, 6) is -1.69. The van der Waals surface area contributed by atoms with E-state index in [1.807, 2.05) is 0 Å². The zero-order valence-corrected chi connectivity index (χ0v) is 12.8. The zero-order valence-electron chi connectivity index (χ0n) is 12.8. The molecule has 0 aliphatic carbocycles. The lowest BCUT2D eigenvalue weighted by Crippen LogP contribution is -2.47. The van der Waals surface area contributed by atoms with Crippen LogP contribution < -0.4 is 21.7 Å². The number of hydrogen-bond acceptors (Lipinski definition) is 5. The lowest BCUT2D eigenvalue weighted by atomic mass is 9.78. The molecule has 0 bridgehead atoms. The zero-order chi connectivity index (χ0) is 17.9. The van der Waals surface area contributed by atoms with E-state index >= 15 is 0 Å². The summed E-state index contributed by atoms with van der Waals surface area (Å²) < 4.78 is 10.2. The van der Waals surface area contributed by atoms with E-state index in [1.165, 1.54) is 0 Å². The third-order valence-corrected chi connectivity index (χ3v) is 2.56. The molecule has 0 aromatic heterocycles. The molecule has 0 aliphatic rings. The second-order valence-electron chi connectivity index (χ2n) is 4.19. The molecule has 0 saturated heterocycles. The summed E-state index contributed by atoms with van der Waals surface area (Å²) in [5, 5.41) is 2.56. The molecule has 0 radical (unpaired) electrons. The Kier molecular flexibility index (Phi) is 7.69. The largest absolute Gasteiger partial charge is 0.541 e. The van der Waals surface area contributed by atoms with Gasteiger partial charge in [-0.25, -0.2) is 11.0 Å². The Hall–Kier alpha value is -3.17. The molecule has 3 N–H and O–H groups in total. The van der Waals surface area contributed by atoms with Crippen molar-refractivity contribution in [3.05, 3.63) is 62.2 Å². The normalized spacial score (nSPS) is 9.33. The Morgan fingerprint density at radius 2 is 1.38 bits per heavy atom. The third-order valence-electron chi connectivity index (χ3n) is 2.56. The highest BCUT2D eigenvalue weighted by atomic mass is 16.8. The fourth-order valence-electron chi connectivity index (χ4n) is 1.46. The van der Waals surface area contributed by atoms with Crippen LogP contribution in [0.5, 0.6) is 0 Å². The minimum Gasteiger partial charge on any atom is -0.323 e. The van der Waals surface area contributed by atoms with E-state index in [0.29, 0.717) is 11.2 Å². The molecule has 124 valence electrons. The van der Waals surface area contributed by atoms with Gasteiger partial charge in [-0.15, -0.1) is 0 Å². The first-order valence-electron chi connectivity index (χ1n) is 6.70. The van der Waals surface area contributed by atoms with Gasteiger partial charge >= 0.3 is 7.12 Å². The van der Waals surface area contributed by atoms with Crippen molar-refractivity contribution in [1.82, 2.24) is 11.0 Å². The molecule has 1 aromatic carbocycles. The first-order valence-corrected chi connectivity index (χ1v) is 6.70. The van der Waals surface area contributed by atoms with E-state index in [2.05, 4.69) is 36.0 Å². The van der Waals surface area contributed by atoms with E-state index in [1.54, 1.807) is 24.3 Å². The highest BCUT2D eigenvalue weighted by Gasteiger charge is 2.27. The van der Waals surface area contributed by atoms with Gasteiger partial charge in [0.25, 0.3) is 11.8 Å². The number of nitrogens with one attached hydrogen (secondary N) is 3. The van der Waals surface area contributed by atoms with Gasteiger partial charge in [-0.3, -0.25) is 23.9 Å². The summed E-state index contributed by atoms with van der Waals surface area (Å²) >= 11 is 0. The van der Waals surface area contributed by atoms with Gasteiger partial charge in [-0.2, -0.15) is 0 Å². The van der Waals surface area contributed by atoms with E-state index in [0.717, 1.165) is 18.2 Å². The quantitative estimate of drug-likeness (QED) is 0.335. The fourth-order valence-corrected chi connectivity index (χ4v) is 1.46. The second kappa shape index (κ2) is 9.77. The monoisotopic (exact) mass is 329 g/mol. The molecule has 24 heavy (non-hydrogen) atoms. The smallest absolute Gasteiger partial charge is 0.323 e. The van der Waals surface area contributed by atoms with Gasteiger partial charge in [-0.05, 0) is 24.3 Å². The van der Waals surface area contributed by atoms with Gasteiger partial charge in [0.2, 0.25) is 5.91 Å². The van der Waals surface area contributed by atoms with Crippen LogP contribution in [0.1, 0.15) is 0 Å². The Morgan fingerprint density at radius 3 is 1.88 bits per heavy atom. The molecule has 1 aromatic rings.